The van der Waals surface area contributed by atoms with Gasteiger partial charge in [0.2, 0.25) is 5.84 Å². The van der Waals surface area contributed by atoms with Gasteiger partial charge >= 0.3 is 0 Å². The molecule has 4 heteroatoms. The standard InChI is InChI=1S/C8H11N3O/c1-12-7-4-2-6(3-5-7)8(9)11-10/h2-5H,10H2,1H3,(H2,9,11)/p+1. The van der Waals surface area contributed by atoms with Gasteiger partial charge < -0.3 is 4.74 Å². The maximum Gasteiger partial charge on any atom is 0.243 e. The molecule has 12 heavy (non-hydrogen) atoms. The molecule has 0 spiro atoms. The lowest BCUT2D eigenvalue weighted by molar-refractivity contribution is -0.552. The number of amidine groups is 1. The largest absolute Gasteiger partial charge is 0.497 e. The number of benzene rings is 1. The number of nitrogen functional groups attached to an aromatic ring is 1. The molecule has 4 nitrogen and oxygen atoms in total. The number of ether oxygens (including phenoxy) is 1. The third-order valence-corrected chi connectivity index (χ3v) is 1.57. The zero-order valence-corrected chi connectivity index (χ0v) is 6.87. The molecule has 0 fully saturated rings. The van der Waals surface area contributed by atoms with Crippen molar-refractivity contribution in [3.05, 3.63) is 29.8 Å². The molecular weight excluding hydrogens is 154 g/mol. The van der Waals surface area contributed by atoms with Gasteiger partial charge in [-0.3, -0.25) is 0 Å². The second kappa shape index (κ2) is 3.85. The van der Waals surface area contributed by atoms with Gasteiger partial charge in [0.05, 0.1) is 12.7 Å². The summed E-state index contributed by atoms with van der Waals surface area (Å²) in [6.45, 7) is 0. The van der Waals surface area contributed by atoms with Crippen molar-refractivity contribution in [1.29, 1.82) is 5.41 Å². The highest BCUT2D eigenvalue weighted by atomic mass is 16.5. The first-order valence-electron chi connectivity index (χ1n) is 3.56. The molecule has 64 valence electrons. The molecule has 0 saturated carbocycles. The Bertz CT molecular complexity index is 268. The molecule has 1 rings (SSSR count). The van der Waals surface area contributed by atoms with Crippen molar-refractivity contribution in [2.75, 3.05) is 7.11 Å². The Hall–Kier alpha value is -1.39. The summed E-state index contributed by atoms with van der Waals surface area (Å²) in [6.07, 6.45) is 0. The number of rotatable bonds is 2. The summed E-state index contributed by atoms with van der Waals surface area (Å²) in [7, 11) is 1.61. The summed E-state index contributed by atoms with van der Waals surface area (Å²) in [6, 6.07) is 7.19. The van der Waals surface area contributed by atoms with E-state index in [1.165, 1.54) is 5.43 Å². The first-order chi connectivity index (χ1) is 5.77. The van der Waals surface area contributed by atoms with Crippen LogP contribution in [-0.4, -0.2) is 12.9 Å². The lowest BCUT2D eigenvalue weighted by atomic mass is 10.2. The summed E-state index contributed by atoms with van der Waals surface area (Å²) in [5.41, 5.74) is 2.06. The summed E-state index contributed by atoms with van der Waals surface area (Å²) >= 11 is 0. The molecule has 0 aliphatic heterocycles. The third-order valence-electron chi connectivity index (χ3n) is 1.57. The van der Waals surface area contributed by atoms with Crippen molar-refractivity contribution in [1.82, 2.24) is 0 Å². The second-order valence-electron chi connectivity index (χ2n) is 2.31. The minimum Gasteiger partial charge on any atom is -0.497 e. The van der Waals surface area contributed by atoms with Crippen LogP contribution in [0.1, 0.15) is 5.56 Å². The molecule has 0 aliphatic carbocycles. The Balaban J connectivity index is 2.84. The molecule has 0 heterocycles. The van der Waals surface area contributed by atoms with E-state index in [9.17, 15) is 0 Å². The van der Waals surface area contributed by atoms with Gasteiger partial charge in [0.15, 0.2) is 0 Å². The average Bonchev–Trinajstić information content (AvgIpc) is 2.17. The normalized spacial score (nSPS) is 9.50. The van der Waals surface area contributed by atoms with E-state index in [1.807, 2.05) is 0 Å². The van der Waals surface area contributed by atoms with Crippen LogP contribution in [0.3, 0.4) is 0 Å². The predicted molar refractivity (Wildman–Crippen MR) is 45.9 cm³/mol. The van der Waals surface area contributed by atoms with Gasteiger partial charge in [-0.2, -0.15) is 5.84 Å². The van der Waals surface area contributed by atoms with E-state index in [4.69, 9.17) is 16.0 Å². The molecule has 0 bridgehead atoms. The second-order valence-corrected chi connectivity index (χ2v) is 2.31. The molecule has 1 aromatic carbocycles. The van der Waals surface area contributed by atoms with Crippen LogP contribution < -0.4 is 16.0 Å². The van der Waals surface area contributed by atoms with Crippen LogP contribution in [-0.2, 0) is 0 Å². The minimum absolute atomic E-state index is 0.317. The summed E-state index contributed by atoms with van der Waals surface area (Å²) in [5.74, 6) is 6.29. The first-order valence-corrected chi connectivity index (χ1v) is 3.56. The Morgan fingerprint density at radius 2 is 2.00 bits per heavy atom. The van der Waals surface area contributed by atoms with Gasteiger partial charge in [-0.25, -0.2) is 10.8 Å². The van der Waals surface area contributed by atoms with E-state index >= 15 is 0 Å². The SMILES string of the molecule is COc1ccc(C(=N)[NH2+]N)cc1. The summed E-state index contributed by atoms with van der Waals surface area (Å²) in [5, 5.41) is 7.38. The predicted octanol–water partition coefficient (Wildman–Crippen LogP) is -0.542. The number of nitrogens with two attached hydrogens (primary N) is 2. The van der Waals surface area contributed by atoms with Crippen LogP contribution >= 0.6 is 0 Å². The number of hydrogen-bond donors (Lipinski definition) is 3. The van der Waals surface area contributed by atoms with E-state index < -0.39 is 0 Å². The number of methoxy groups -OCH3 is 1. The molecule has 0 radical (unpaired) electrons. The number of quaternary nitrogens is 1. The fourth-order valence-corrected chi connectivity index (χ4v) is 0.867. The molecule has 0 aliphatic rings. The van der Waals surface area contributed by atoms with Crippen molar-refractivity contribution in [2.24, 2.45) is 5.84 Å². The monoisotopic (exact) mass is 166 g/mol. The fourth-order valence-electron chi connectivity index (χ4n) is 0.867. The summed E-state index contributed by atoms with van der Waals surface area (Å²) < 4.78 is 4.97. The Labute approximate surface area is 70.8 Å². The van der Waals surface area contributed by atoms with Gasteiger partial charge in [-0.15, -0.1) is 0 Å². The Morgan fingerprint density at radius 3 is 2.42 bits per heavy atom. The molecule has 0 saturated heterocycles. The maximum atomic E-state index is 7.38. The Kier molecular flexibility index (Phi) is 2.79. The van der Waals surface area contributed by atoms with Gasteiger partial charge in [0, 0.05) is 0 Å². The van der Waals surface area contributed by atoms with Crippen LogP contribution in [0.5, 0.6) is 5.75 Å². The fraction of sp³-hybridized carbons (Fsp3) is 0.125. The van der Waals surface area contributed by atoms with E-state index in [2.05, 4.69) is 0 Å². The smallest absolute Gasteiger partial charge is 0.243 e. The van der Waals surface area contributed by atoms with Gasteiger partial charge in [-0.1, -0.05) is 0 Å². The van der Waals surface area contributed by atoms with Crippen molar-refractivity contribution >= 4 is 5.84 Å². The topological polar surface area (TPSA) is 75.7 Å². The zero-order valence-electron chi connectivity index (χ0n) is 6.87. The van der Waals surface area contributed by atoms with E-state index in [1.54, 1.807) is 31.4 Å². The number of hydrogen-bond acceptors (Lipinski definition) is 3. The van der Waals surface area contributed by atoms with Gasteiger partial charge in [0.25, 0.3) is 0 Å². The van der Waals surface area contributed by atoms with Crippen LogP contribution in [0.15, 0.2) is 24.3 Å². The molecular formula is C8H12N3O+. The highest BCUT2D eigenvalue weighted by molar-refractivity contribution is 5.88. The van der Waals surface area contributed by atoms with E-state index in [-0.39, 0.29) is 0 Å². The highest BCUT2D eigenvalue weighted by Gasteiger charge is 2.02. The highest BCUT2D eigenvalue weighted by Crippen LogP contribution is 2.09. The van der Waals surface area contributed by atoms with Crippen molar-refractivity contribution in [3.8, 4) is 5.75 Å². The molecule has 0 atom stereocenters. The van der Waals surface area contributed by atoms with Crippen LogP contribution in [0.25, 0.3) is 0 Å². The molecule has 5 N–H and O–H groups in total. The lowest BCUT2D eigenvalue weighted by Gasteiger charge is -2.00. The van der Waals surface area contributed by atoms with Crippen LogP contribution in [0, 0.1) is 5.41 Å². The van der Waals surface area contributed by atoms with Crippen molar-refractivity contribution < 1.29 is 10.2 Å². The average molecular weight is 166 g/mol. The molecule has 0 aromatic heterocycles. The maximum absolute atomic E-state index is 7.38. The van der Waals surface area contributed by atoms with E-state index in [0.29, 0.717) is 5.84 Å². The van der Waals surface area contributed by atoms with Gasteiger partial charge in [-0.05, 0) is 24.3 Å². The lowest BCUT2D eigenvalue weighted by Crippen LogP contribution is -2.94. The van der Waals surface area contributed by atoms with Crippen LogP contribution in [0.2, 0.25) is 0 Å². The van der Waals surface area contributed by atoms with Crippen molar-refractivity contribution in [2.45, 2.75) is 0 Å². The minimum atomic E-state index is 0.317. The van der Waals surface area contributed by atoms with E-state index in [0.717, 1.165) is 11.3 Å². The molecule has 0 unspecified atom stereocenters. The van der Waals surface area contributed by atoms with Crippen LogP contribution in [0.4, 0.5) is 0 Å². The third kappa shape index (κ3) is 1.81. The van der Waals surface area contributed by atoms with Gasteiger partial charge in [0.1, 0.15) is 5.75 Å². The number of nitrogens with one attached hydrogen (secondary N) is 1. The Morgan fingerprint density at radius 1 is 1.42 bits per heavy atom. The summed E-state index contributed by atoms with van der Waals surface area (Å²) in [4.78, 5) is 0. The first kappa shape index (κ1) is 8.70. The molecule has 0 amide bonds. The zero-order chi connectivity index (χ0) is 8.97. The molecule has 1 aromatic rings. The van der Waals surface area contributed by atoms with Crippen molar-refractivity contribution in [3.63, 3.8) is 0 Å². The quantitative estimate of drug-likeness (QED) is 0.239.